The first-order chi connectivity index (χ1) is 13.4. The maximum absolute atomic E-state index is 12.9. The van der Waals surface area contributed by atoms with Crippen molar-refractivity contribution in [3.8, 4) is 6.07 Å². The number of esters is 1. The monoisotopic (exact) mass is 402 g/mol. The molecule has 148 valence electrons. The van der Waals surface area contributed by atoms with Gasteiger partial charge in [-0.1, -0.05) is 12.1 Å². The van der Waals surface area contributed by atoms with E-state index in [0.717, 1.165) is 0 Å². The van der Waals surface area contributed by atoms with Gasteiger partial charge in [0.1, 0.15) is 0 Å². The third-order valence-electron chi connectivity index (χ3n) is 4.39. The van der Waals surface area contributed by atoms with Gasteiger partial charge >= 0.3 is 5.97 Å². The van der Waals surface area contributed by atoms with Crippen LogP contribution in [0.4, 0.5) is 5.69 Å². The summed E-state index contributed by atoms with van der Waals surface area (Å²) in [6.45, 7) is 4.07. The Balaban J connectivity index is 2.75. The highest BCUT2D eigenvalue weighted by Gasteiger charge is 2.38. The number of hydrogen-bond acceptors (Lipinski definition) is 8. The molecule has 0 aliphatic carbocycles. The molecule has 2 rings (SSSR count). The molecule has 0 saturated carbocycles. The van der Waals surface area contributed by atoms with Crippen LogP contribution in [0, 0.1) is 21.4 Å². The van der Waals surface area contributed by atoms with Crippen LogP contribution in [0.2, 0.25) is 0 Å². The van der Waals surface area contributed by atoms with Gasteiger partial charge in [-0.3, -0.25) is 10.1 Å². The van der Waals surface area contributed by atoms with Crippen LogP contribution in [-0.4, -0.2) is 41.7 Å². The smallest absolute Gasteiger partial charge is 0.337 e. The lowest BCUT2D eigenvalue weighted by Crippen LogP contribution is -2.30. The molecule has 0 saturated heterocycles. The number of ether oxygens (including phenoxy) is 1. The Bertz CT molecular complexity index is 888. The summed E-state index contributed by atoms with van der Waals surface area (Å²) >= 11 is 1.40. The van der Waals surface area contributed by atoms with E-state index in [0.29, 0.717) is 39.7 Å². The summed E-state index contributed by atoms with van der Waals surface area (Å²) in [6, 6.07) is 8.17. The minimum Gasteiger partial charge on any atom is -0.463 e. The molecular formula is C19H22N4O4S. The average Bonchev–Trinajstić information content (AvgIpc) is 2.68. The predicted molar refractivity (Wildman–Crippen MR) is 107 cm³/mol. The Morgan fingerprint density at radius 3 is 2.79 bits per heavy atom. The second-order valence-electron chi connectivity index (χ2n) is 6.03. The fourth-order valence-electron chi connectivity index (χ4n) is 3.03. The van der Waals surface area contributed by atoms with Crippen molar-refractivity contribution in [1.82, 2.24) is 4.90 Å². The van der Waals surface area contributed by atoms with Crippen LogP contribution in [0.3, 0.4) is 0 Å². The first-order valence-corrected chi connectivity index (χ1v) is 9.68. The van der Waals surface area contributed by atoms with Crippen LogP contribution < -0.4 is 5.73 Å². The highest BCUT2D eigenvalue weighted by Crippen LogP contribution is 2.45. The van der Waals surface area contributed by atoms with E-state index in [2.05, 4.69) is 6.07 Å². The molecule has 0 bridgehead atoms. The summed E-state index contributed by atoms with van der Waals surface area (Å²) in [5.74, 6) is -0.731. The van der Waals surface area contributed by atoms with Crippen molar-refractivity contribution in [3.05, 3.63) is 61.8 Å². The van der Waals surface area contributed by atoms with E-state index in [1.54, 1.807) is 37.9 Å². The minimum absolute atomic E-state index is 0.106. The van der Waals surface area contributed by atoms with E-state index in [1.807, 2.05) is 0 Å². The molecule has 28 heavy (non-hydrogen) atoms. The molecule has 1 aromatic rings. The number of nitro benzene ring substituents is 1. The lowest BCUT2D eigenvalue weighted by molar-refractivity contribution is -0.384. The van der Waals surface area contributed by atoms with Crippen molar-refractivity contribution in [2.45, 2.75) is 19.8 Å². The number of nitrogens with zero attached hydrogens (tertiary/aromatic N) is 3. The molecule has 0 spiro atoms. The number of carbonyl (C=O) groups excluding carboxylic acids is 1. The largest absolute Gasteiger partial charge is 0.463 e. The molecule has 1 atom stereocenters. The molecule has 0 amide bonds. The lowest BCUT2D eigenvalue weighted by atomic mass is 9.82. The van der Waals surface area contributed by atoms with Gasteiger partial charge in [-0.25, -0.2) is 4.79 Å². The molecular weight excluding hydrogens is 380 g/mol. The van der Waals surface area contributed by atoms with Gasteiger partial charge in [-0.05, 0) is 19.4 Å². The van der Waals surface area contributed by atoms with Crippen molar-refractivity contribution in [1.29, 1.82) is 5.26 Å². The van der Waals surface area contributed by atoms with E-state index in [-0.39, 0.29) is 12.3 Å². The standard InChI is InChI=1S/C19H22N4O4S/c1-4-27-19(24)17-16(13-6-5-7-14(10-13)23(25)26)15(11-21)12(2)22(3)18(17)28-9-8-20/h5-7,10,16H,4,8-9,20H2,1-3H3. The summed E-state index contributed by atoms with van der Waals surface area (Å²) in [4.78, 5) is 25.4. The molecule has 0 fully saturated rings. The van der Waals surface area contributed by atoms with Gasteiger partial charge in [0.25, 0.3) is 5.69 Å². The van der Waals surface area contributed by atoms with E-state index in [9.17, 15) is 20.2 Å². The summed E-state index contributed by atoms with van der Waals surface area (Å²) in [5, 5.41) is 21.7. The van der Waals surface area contributed by atoms with E-state index >= 15 is 0 Å². The third-order valence-corrected chi connectivity index (χ3v) is 5.60. The maximum atomic E-state index is 12.9. The molecule has 1 unspecified atom stereocenters. The number of nitrogens with two attached hydrogens (primary N) is 1. The first kappa shape index (κ1) is 21.5. The number of allylic oxidation sites excluding steroid dienone is 2. The van der Waals surface area contributed by atoms with Crippen molar-refractivity contribution in [3.63, 3.8) is 0 Å². The molecule has 1 aromatic carbocycles. The van der Waals surface area contributed by atoms with Gasteiger partial charge < -0.3 is 15.4 Å². The normalized spacial score (nSPS) is 16.8. The molecule has 8 nitrogen and oxygen atoms in total. The van der Waals surface area contributed by atoms with Gasteiger partial charge in [0.2, 0.25) is 0 Å². The second kappa shape index (κ2) is 9.39. The van der Waals surface area contributed by atoms with Crippen molar-refractivity contribution >= 4 is 23.4 Å². The van der Waals surface area contributed by atoms with E-state index in [4.69, 9.17) is 10.5 Å². The number of nitriles is 1. The van der Waals surface area contributed by atoms with Crippen LogP contribution in [0.5, 0.6) is 0 Å². The van der Waals surface area contributed by atoms with Gasteiger partial charge in [0, 0.05) is 37.2 Å². The summed E-state index contributed by atoms with van der Waals surface area (Å²) in [7, 11) is 1.77. The molecule has 0 aromatic heterocycles. The number of nitro groups is 1. The van der Waals surface area contributed by atoms with Crippen molar-refractivity contribution in [2.24, 2.45) is 5.73 Å². The Kier molecular flexibility index (Phi) is 7.20. The zero-order chi connectivity index (χ0) is 20.8. The molecule has 1 aliphatic heterocycles. The van der Waals surface area contributed by atoms with Crippen LogP contribution in [0.1, 0.15) is 25.3 Å². The Labute approximate surface area is 167 Å². The zero-order valence-corrected chi connectivity index (χ0v) is 16.8. The first-order valence-electron chi connectivity index (χ1n) is 8.70. The summed E-state index contributed by atoms with van der Waals surface area (Å²) in [5.41, 5.74) is 7.35. The highest BCUT2D eigenvalue weighted by molar-refractivity contribution is 8.03. The molecule has 2 N–H and O–H groups in total. The topological polar surface area (TPSA) is 122 Å². The quantitative estimate of drug-likeness (QED) is 0.420. The van der Waals surface area contributed by atoms with Crippen molar-refractivity contribution in [2.75, 3.05) is 26.0 Å². The van der Waals surface area contributed by atoms with Gasteiger partial charge in [0.15, 0.2) is 0 Å². The number of carbonyl (C=O) groups is 1. The maximum Gasteiger partial charge on any atom is 0.337 e. The molecule has 9 heteroatoms. The summed E-state index contributed by atoms with van der Waals surface area (Å²) in [6.07, 6.45) is 0. The minimum atomic E-state index is -0.750. The Hall–Kier alpha value is -2.83. The lowest BCUT2D eigenvalue weighted by Gasteiger charge is -2.35. The van der Waals surface area contributed by atoms with Crippen LogP contribution in [-0.2, 0) is 9.53 Å². The van der Waals surface area contributed by atoms with Gasteiger partial charge in [0.05, 0.1) is 39.7 Å². The van der Waals surface area contributed by atoms with E-state index in [1.165, 1.54) is 23.9 Å². The SMILES string of the molecule is CCOC(=O)C1=C(SCCN)N(C)C(C)=C(C#N)C1c1cccc([N+](=O)[O-])c1. The number of non-ortho nitro benzene ring substituents is 1. The summed E-state index contributed by atoms with van der Waals surface area (Å²) < 4.78 is 5.26. The molecule has 0 radical (unpaired) electrons. The Morgan fingerprint density at radius 2 is 2.21 bits per heavy atom. The van der Waals surface area contributed by atoms with Crippen LogP contribution in [0.25, 0.3) is 0 Å². The fraction of sp³-hybridized carbons (Fsp3) is 0.368. The molecule has 1 heterocycles. The van der Waals surface area contributed by atoms with Crippen molar-refractivity contribution < 1.29 is 14.5 Å². The zero-order valence-electron chi connectivity index (χ0n) is 16.0. The third kappa shape index (κ3) is 4.18. The average molecular weight is 402 g/mol. The Morgan fingerprint density at radius 1 is 1.50 bits per heavy atom. The van der Waals surface area contributed by atoms with Gasteiger partial charge in [-0.2, -0.15) is 5.26 Å². The molecule has 1 aliphatic rings. The fourth-order valence-corrected chi connectivity index (χ4v) is 4.03. The second-order valence-corrected chi connectivity index (χ2v) is 7.12. The highest BCUT2D eigenvalue weighted by atomic mass is 32.2. The number of rotatable bonds is 7. The number of thioether (sulfide) groups is 1. The van der Waals surface area contributed by atoms with Crippen LogP contribution in [0.15, 0.2) is 46.1 Å². The van der Waals surface area contributed by atoms with Crippen LogP contribution >= 0.6 is 11.8 Å². The van der Waals surface area contributed by atoms with E-state index < -0.39 is 16.8 Å². The number of benzene rings is 1. The predicted octanol–water partition coefficient (Wildman–Crippen LogP) is 2.89. The van der Waals surface area contributed by atoms with Gasteiger partial charge in [-0.15, -0.1) is 11.8 Å². The number of hydrogen-bond donors (Lipinski definition) is 1.